The van der Waals surface area contributed by atoms with Crippen LogP contribution < -0.4 is 10.9 Å². The van der Waals surface area contributed by atoms with Crippen LogP contribution in [0.1, 0.15) is 56.6 Å². The van der Waals surface area contributed by atoms with Gasteiger partial charge in [-0.1, -0.05) is 32.3 Å². The minimum absolute atomic E-state index is 0.0341. The summed E-state index contributed by atoms with van der Waals surface area (Å²) in [6.07, 6.45) is 7.44. The quantitative estimate of drug-likeness (QED) is 0.879. The topological polar surface area (TPSA) is 62.0 Å². The van der Waals surface area contributed by atoms with Crippen LogP contribution in [0.25, 0.3) is 10.9 Å². The molecule has 0 spiro atoms. The number of fused-ring (bicyclic) bond motifs is 1. The summed E-state index contributed by atoms with van der Waals surface area (Å²) in [6.45, 7) is 3.97. The molecule has 0 saturated heterocycles. The van der Waals surface area contributed by atoms with Crippen LogP contribution in [0.15, 0.2) is 23.0 Å². The molecule has 1 aromatic heterocycles. The number of nitrogens with one attached hydrogen (secondary N) is 2. The highest BCUT2D eigenvalue weighted by Crippen LogP contribution is 2.27. The van der Waals surface area contributed by atoms with Crippen molar-refractivity contribution in [2.75, 3.05) is 5.32 Å². The molecule has 1 aliphatic carbocycles. The van der Waals surface area contributed by atoms with Crippen molar-refractivity contribution < 1.29 is 4.79 Å². The van der Waals surface area contributed by atoms with E-state index >= 15 is 0 Å². The van der Waals surface area contributed by atoms with Gasteiger partial charge in [0.25, 0.3) is 5.56 Å². The summed E-state index contributed by atoms with van der Waals surface area (Å²) in [5.74, 6) is 0.596. The van der Waals surface area contributed by atoms with Gasteiger partial charge in [-0.15, -0.1) is 0 Å². The summed E-state index contributed by atoms with van der Waals surface area (Å²) < 4.78 is 0. The number of benzene rings is 1. The molecule has 3 rings (SSSR count). The van der Waals surface area contributed by atoms with E-state index in [9.17, 15) is 9.59 Å². The van der Waals surface area contributed by atoms with Gasteiger partial charge in [-0.3, -0.25) is 9.59 Å². The zero-order valence-electron chi connectivity index (χ0n) is 14.6. The van der Waals surface area contributed by atoms with Crippen molar-refractivity contribution in [3.8, 4) is 0 Å². The summed E-state index contributed by atoms with van der Waals surface area (Å²) in [6, 6.07) is 5.77. The van der Waals surface area contributed by atoms with Gasteiger partial charge in [0.1, 0.15) is 0 Å². The second-order valence-corrected chi connectivity index (χ2v) is 6.93. The summed E-state index contributed by atoms with van der Waals surface area (Å²) in [7, 11) is 0. The number of hydrogen-bond donors (Lipinski definition) is 2. The average Bonchev–Trinajstić information content (AvgIpc) is 2.55. The highest BCUT2D eigenvalue weighted by molar-refractivity contribution is 5.94. The highest BCUT2D eigenvalue weighted by Gasteiger charge is 2.17. The number of aromatic nitrogens is 1. The lowest BCUT2D eigenvalue weighted by Crippen LogP contribution is -2.18. The van der Waals surface area contributed by atoms with Gasteiger partial charge in [0, 0.05) is 23.1 Å². The van der Waals surface area contributed by atoms with Crippen LogP contribution in [0.2, 0.25) is 0 Å². The number of aryl methyl sites for hydroxylation is 1. The molecule has 2 aromatic rings. The maximum Gasteiger partial charge on any atom is 0.251 e. The van der Waals surface area contributed by atoms with Crippen LogP contribution >= 0.6 is 0 Å². The number of H-pyrrole nitrogens is 1. The molecule has 1 aromatic carbocycles. The molecule has 4 heteroatoms. The van der Waals surface area contributed by atoms with Gasteiger partial charge in [-0.05, 0) is 49.8 Å². The molecule has 1 amide bonds. The average molecular weight is 326 g/mol. The molecule has 2 N–H and O–H groups in total. The van der Waals surface area contributed by atoms with Crippen molar-refractivity contribution in [2.45, 2.75) is 58.8 Å². The summed E-state index contributed by atoms with van der Waals surface area (Å²) in [5.41, 5.74) is 3.36. The first kappa shape index (κ1) is 16.7. The molecule has 0 aliphatic heterocycles. The van der Waals surface area contributed by atoms with Crippen LogP contribution in [-0.2, 0) is 11.2 Å². The van der Waals surface area contributed by atoms with E-state index in [-0.39, 0.29) is 11.5 Å². The summed E-state index contributed by atoms with van der Waals surface area (Å²) in [5, 5.41) is 4.03. The van der Waals surface area contributed by atoms with Crippen LogP contribution in [0.5, 0.6) is 0 Å². The Morgan fingerprint density at radius 2 is 2.00 bits per heavy atom. The third-order valence-corrected chi connectivity index (χ3v) is 5.23. The van der Waals surface area contributed by atoms with Gasteiger partial charge < -0.3 is 10.3 Å². The Kier molecular flexibility index (Phi) is 5.03. The van der Waals surface area contributed by atoms with Crippen molar-refractivity contribution in [1.29, 1.82) is 0 Å². The Morgan fingerprint density at radius 3 is 2.71 bits per heavy atom. The molecule has 4 nitrogen and oxygen atoms in total. The van der Waals surface area contributed by atoms with E-state index in [0.29, 0.717) is 12.3 Å². The molecule has 1 heterocycles. The monoisotopic (exact) mass is 326 g/mol. The standard InChI is InChI=1S/C20H26N2O2/c1-3-16-13(2)17-10-9-15(12-18(17)22-20(16)24)21-19(23)11-14-7-5-4-6-8-14/h9-10,12,14H,3-8,11H2,1-2H3,(H,21,23)(H,22,24). The Bertz CT molecular complexity index is 801. The first-order valence-electron chi connectivity index (χ1n) is 9.04. The second kappa shape index (κ2) is 7.20. The molecule has 0 unspecified atom stereocenters. The molecule has 1 fully saturated rings. The van der Waals surface area contributed by atoms with Crippen molar-refractivity contribution in [2.24, 2.45) is 5.92 Å². The summed E-state index contributed by atoms with van der Waals surface area (Å²) in [4.78, 5) is 27.3. The third-order valence-electron chi connectivity index (χ3n) is 5.23. The number of anilines is 1. The molecule has 0 radical (unpaired) electrons. The molecule has 24 heavy (non-hydrogen) atoms. The van der Waals surface area contributed by atoms with Crippen LogP contribution in [-0.4, -0.2) is 10.9 Å². The summed E-state index contributed by atoms with van der Waals surface area (Å²) >= 11 is 0. The Labute approximate surface area is 142 Å². The highest BCUT2D eigenvalue weighted by atomic mass is 16.1. The molecule has 1 aliphatic rings. The minimum atomic E-state index is -0.0341. The molecule has 0 atom stereocenters. The first-order valence-corrected chi connectivity index (χ1v) is 9.04. The number of carbonyl (C=O) groups excluding carboxylic acids is 1. The van der Waals surface area contributed by atoms with Gasteiger partial charge in [-0.25, -0.2) is 0 Å². The number of pyridine rings is 1. The number of carbonyl (C=O) groups is 1. The van der Waals surface area contributed by atoms with Crippen molar-refractivity contribution in [3.63, 3.8) is 0 Å². The maximum atomic E-state index is 12.3. The minimum Gasteiger partial charge on any atom is -0.326 e. The van der Waals surface area contributed by atoms with Gasteiger partial charge in [0.2, 0.25) is 5.91 Å². The molecule has 1 saturated carbocycles. The predicted molar refractivity (Wildman–Crippen MR) is 98.5 cm³/mol. The molecular weight excluding hydrogens is 300 g/mol. The van der Waals surface area contributed by atoms with Crippen molar-refractivity contribution >= 4 is 22.5 Å². The van der Waals surface area contributed by atoms with E-state index in [1.165, 1.54) is 19.3 Å². The largest absolute Gasteiger partial charge is 0.326 e. The van der Waals surface area contributed by atoms with E-state index in [1.54, 1.807) is 0 Å². The molecular formula is C20H26N2O2. The smallest absolute Gasteiger partial charge is 0.251 e. The number of amides is 1. The Balaban J connectivity index is 1.78. The number of rotatable bonds is 4. The molecule has 128 valence electrons. The van der Waals surface area contributed by atoms with Crippen molar-refractivity contribution in [3.05, 3.63) is 39.7 Å². The zero-order valence-corrected chi connectivity index (χ0v) is 14.6. The lowest BCUT2D eigenvalue weighted by molar-refractivity contribution is -0.117. The predicted octanol–water partition coefficient (Wildman–Crippen LogP) is 4.31. The van der Waals surface area contributed by atoms with E-state index in [4.69, 9.17) is 0 Å². The lowest BCUT2D eigenvalue weighted by Gasteiger charge is -2.20. The lowest BCUT2D eigenvalue weighted by atomic mass is 9.87. The third kappa shape index (κ3) is 3.53. The van der Waals surface area contributed by atoms with E-state index in [0.717, 1.165) is 47.0 Å². The molecule has 0 bridgehead atoms. The number of aromatic amines is 1. The van der Waals surface area contributed by atoms with E-state index in [2.05, 4.69) is 10.3 Å². The zero-order chi connectivity index (χ0) is 17.1. The van der Waals surface area contributed by atoms with Crippen LogP contribution in [0.3, 0.4) is 0 Å². The van der Waals surface area contributed by atoms with Crippen LogP contribution in [0, 0.1) is 12.8 Å². The fourth-order valence-corrected chi connectivity index (χ4v) is 3.87. The van der Waals surface area contributed by atoms with E-state index in [1.807, 2.05) is 32.0 Å². The van der Waals surface area contributed by atoms with Gasteiger partial charge in [0.05, 0.1) is 5.52 Å². The van der Waals surface area contributed by atoms with E-state index < -0.39 is 0 Å². The van der Waals surface area contributed by atoms with Gasteiger partial charge >= 0.3 is 0 Å². The normalized spacial score (nSPS) is 15.6. The number of hydrogen-bond acceptors (Lipinski definition) is 2. The SMILES string of the molecule is CCc1c(C)c2ccc(NC(=O)CC3CCCCC3)cc2[nH]c1=O. The Morgan fingerprint density at radius 1 is 1.25 bits per heavy atom. The maximum absolute atomic E-state index is 12.3. The van der Waals surface area contributed by atoms with Crippen LogP contribution in [0.4, 0.5) is 5.69 Å². The van der Waals surface area contributed by atoms with Gasteiger partial charge in [-0.2, -0.15) is 0 Å². The van der Waals surface area contributed by atoms with Gasteiger partial charge in [0.15, 0.2) is 0 Å². The Hall–Kier alpha value is -2.10. The second-order valence-electron chi connectivity index (χ2n) is 6.93. The van der Waals surface area contributed by atoms with Crippen molar-refractivity contribution in [1.82, 2.24) is 4.98 Å². The first-order chi connectivity index (χ1) is 11.6. The fraction of sp³-hybridized carbons (Fsp3) is 0.500. The fourth-order valence-electron chi connectivity index (χ4n) is 3.87.